The van der Waals surface area contributed by atoms with Crippen molar-refractivity contribution < 1.29 is 17.6 Å². The minimum absolute atomic E-state index is 0.0443. The maximum atomic E-state index is 12.8. The molecule has 1 aliphatic heterocycles. The van der Waals surface area contributed by atoms with Crippen molar-refractivity contribution in [3.8, 4) is 11.1 Å². The van der Waals surface area contributed by atoms with Gasteiger partial charge in [0, 0.05) is 17.1 Å². The number of primary amides is 1. The van der Waals surface area contributed by atoms with Gasteiger partial charge in [-0.25, -0.2) is 8.42 Å². The van der Waals surface area contributed by atoms with E-state index in [9.17, 15) is 13.2 Å². The van der Waals surface area contributed by atoms with E-state index >= 15 is 0 Å². The molecule has 3 N–H and O–H groups in total. The van der Waals surface area contributed by atoms with Crippen LogP contribution in [0.5, 0.6) is 0 Å². The normalized spacial score (nSPS) is 20.6. The molecular formula is C24H22N2O4S. The van der Waals surface area contributed by atoms with Crippen molar-refractivity contribution in [2.24, 2.45) is 5.73 Å². The molecule has 3 heterocycles. The second-order valence-electron chi connectivity index (χ2n) is 8.05. The fourth-order valence-corrected chi connectivity index (χ4v) is 6.64. The molecule has 6 nitrogen and oxygen atoms in total. The van der Waals surface area contributed by atoms with Crippen molar-refractivity contribution in [1.29, 1.82) is 0 Å². The molecule has 31 heavy (non-hydrogen) atoms. The molecule has 1 amide bonds. The number of nitrogens with one attached hydrogen (secondary N) is 1. The van der Waals surface area contributed by atoms with Gasteiger partial charge in [0.05, 0.1) is 34.6 Å². The number of aromatic nitrogens is 1. The zero-order chi connectivity index (χ0) is 21.6. The molecule has 0 unspecified atom stereocenters. The molecule has 1 fully saturated rings. The van der Waals surface area contributed by atoms with Crippen LogP contribution >= 0.6 is 0 Å². The zero-order valence-electron chi connectivity index (χ0n) is 16.7. The molecule has 158 valence electrons. The van der Waals surface area contributed by atoms with Gasteiger partial charge >= 0.3 is 0 Å². The van der Waals surface area contributed by atoms with E-state index in [0.29, 0.717) is 23.9 Å². The number of sulfone groups is 1. The van der Waals surface area contributed by atoms with Gasteiger partial charge in [-0.15, -0.1) is 0 Å². The average molecular weight is 435 g/mol. The van der Waals surface area contributed by atoms with Crippen molar-refractivity contribution in [1.82, 2.24) is 4.98 Å². The fourth-order valence-electron chi connectivity index (χ4n) is 4.65. The number of amides is 1. The van der Waals surface area contributed by atoms with Gasteiger partial charge in [0.1, 0.15) is 0 Å². The number of hydrogen-bond donors (Lipinski definition) is 2. The van der Waals surface area contributed by atoms with Crippen LogP contribution in [-0.4, -0.2) is 25.1 Å². The first-order valence-corrected chi connectivity index (χ1v) is 11.9. The van der Waals surface area contributed by atoms with Crippen molar-refractivity contribution in [3.05, 3.63) is 83.9 Å². The molecule has 5 rings (SSSR count). The van der Waals surface area contributed by atoms with E-state index in [1.54, 1.807) is 18.6 Å². The number of H-pyrrole nitrogens is 1. The van der Waals surface area contributed by atoms with E-state index < -0.39 is 21.0 Å². The Morgan fingerprint density at radius 3 is 2.61 bits per heavy atom. The maximum absolute atomic E-state index is 12.8. The SMILES string of the molecule is NC(=O)c1cc(-c2ccoc2)cc2c([C@H]3CCS(=O)(=O)[C@@H](c4ccccc4)C3)c[nH]c12. The van der Waals surface area contributed by atoms with Gasteiger partial charge in [0.25, 0.3) is 5.91 Å². The first kappa shape index (κ1) is 19.6. The van der Waals surface area contributed by atoms with E-state index in [-0.39, 0.29) is 11.7 Å². The first-order valence-electron chi connectivity index (χ1n) is 10.2. The van der Waals surface area contributed by atoms with Crippen molar-refractivity contribution >= 4 is 26.6 Å². The van der Waals surface area contributed by atoms with E-state index in [0.717, 1.165) is 27.6 Å². The molecule has 7 heteroatoms. The summed E-state index contributed by atoms with van der Waals surface area (Å²) in [5, 5.41) is 0.355. The summed E-state index contributed by atoms with van der Waals surface area (Å²) in [5.41, 5.74) is 10.3. The first-order chi connectivity index (χ1) is 14.9. The molecule has 1 aliphatic rings. The molecule has 0 saturated carbocycles. The number of hydrogen-bond acceptors (Lipinski definition) is 4. The zero-order valence-corrected chi connectivity index (χ0v) is 17.6. The highest BCUT2D eigenvalue weighted by Crippen LogP contribution is 2.44. The van der Waals surface area contributed by atoms with Crippen LogP contribution in [0.3, 0.4) is 0 Å². The van der Waals surface area contributed by atoms with Crippen LogP contribution in [0.4, 0.5) is 0 Å². The summed E-state index contributed by atoms with van der Waals surface area (Å²) in [7, 11) is -3.22. The molecule has 0 spiro atoms. The standard InChI is InChI=1S/C24H22N2O4S/c25-24(27)20-11-18(17-6-8-30-14-17)10-19-21(13-26-23(19)20)16-7-9-31(28,29)22(12-16)15-4-2-1-3-5-15/h1-6,8,10-11,13-14,16,22,26H,7,9,12H2,(H2,25,27)/t16-,22+/m0/s1. The smallest absolute Gasteiger partial charge is 0.250 e. The third-order valence-electron chi connectivity index (χ3n) is 6.24. The fraction of sp³-hybridized carbons (Fsp3) is 0.208. The second-order valence-corrected chi connectivity index (χ2v) is 10.4. The summed E-state index contributed by atoms with van der Waals surface area (Å²) >= 11 is 0. The topological polar surface area (TPSA) is 106 Å². The third-order valence-corrected chi connectivity index (χ3v) is 8.37. The molecular weight excluding hydrogens is 412 g/mol. The van der Waals surface area contributed by atoms with Crippen LogP contribution in [0.25, 0.3) is 22.0 Å². The number of fused-ring (bicyclic) bond motifs is 1. The lowest BCUT2D eigenvalue weighted by molar-refractivity contribution is 0.100. The summed E-state index contributed by atoms with van der Waals surface area (Å²) in [4.78, 5) is 15.4. The summed E-state index contributed by atoms with van der Waals surface area (Å²) in [6, 6.07) is 15.0. The van der Waals surface area contributed by atoms with Crippen LogP contribution in [-0.2, 0) is 9.84 Å². The summed E-state index contributed by atoms with van der Waals surface area (Å²) in [6.07, 6.45) is 6.14. The third kappa shape index (κ3) is 3.45. The van der Waals surface area contributed by atoms with E-state index in [1.165, 1.54) is 0 Å². The summed E-state index contributed by atoms with van der Waals surface area (Å²) in [5.74, 6) is -0.339. The Bertz CT molecular complexity index is 1360. The lowest BCUT2D eigenvalue weighted by Gasteiger charge is -2.29. The molecule has 2 atom stereocenters. The van der Waals surface area contributed by atoms with Crippen molar-refractivity contribution in [2.45, 2.75) is 24.0 Å². The Labute approximate surface area is 180 Å². The highest BCUT2D eigenvalue weighted by atomic mass is 32.2. The molecule has 2 aromatic carbocycles. The predicted octanol–water partition coefficient (Wildman–Crippen LogP) is 4.56. The molecule has 0 bridgehead atoms. The van der Waals surface area contributed by atoms with Gasteiger partial charge in [-0.05, 0) is 53.6 Å². The lowest BCUT2D eigenvalue weighted by Crippen LogP contribution is -2.26. The maximum Gasteiger partial charge on any atom is 0.250 e. The Morgan fingerprint density at radius 1 is 1.10 bits per heavy atom. The van der Waals surface area contributed by atoms with Gasteiger partial charge in [0.2, 0.25) is 0 Å². The van der Waals surface area contributed by atoms with E-state index in [2.05, 4.69) is 4.98 Å². The number of rotatable bonds is 4. The van der Waals surface area contributed by atoms with E-state index in [1.807, 2.05) is 48.7 Å². The van der Waals surface area contributed by atoms with Gasteiger partial charge in [-0.2, -0.15) is 0 Å². The summed E-state index contributed by atoms with van der Waals surface area (Å²) in [6.45, 7) is 0. The van der Waals surface area contributed by atoms with Crippen molar-refractivity contribution in [2.75, 3.05) is 5.75 Å². The highest BCUT2D eigenvalue weighted by Gasteiger charge is 2.36. The number of benzene rings is 2. The predicted molar refractivity (Wildman–Crippen MR) is 119 cm³/mol. The minimum Gasteiger partial charge on any atom is -0.472 e. The number of carbonyl (C=O) groups is 1. The number of carbonyl (C=O) groups excluding carboxylic acids is 1. The van der Waals surface area contributed by atoms with Crippen LogP contribution in [0.2, 0.25) is 0 Å². The highest BCUT2D eigenvalue weighted by molar-refractivity contribution is 7.91. The van der Waals surface area contributed by atoms with Crippen LogP contribution < -0.4 is 5.73 Å². The molecule has 0 aliphatic carbocycles. The second kappa shape index (κ2) is 7.42. The Kier molecular flexibility index (Phi) is 4.70. The Morgan fingerprint density at radius 2 is 1.90 bits per heavy atom. The largest absolute Gasteiger partial charge is 0.472 e. The lowest BCUT2D eigenvalue weighted by atomic mass is 9.88. The molecule has 1 saturated heterocycles. The number of aromatic amines is 1. The van der Waals surface area contributed by atoms with Crippen LogP contribution in [0.1, 0.15) is 45.5 Å². The van der Waals surface area contributed by atoms with Crippen molar-refractivity contribution in [3.63, 3.8) is 0 Å². The minimum atomic E-state index is -3.22. The Hall–Kier alpha value is -3.32. The Balaban J connectivity index is 1.61. The van der Waals surface area contributed by atoms with E-state index in [4.69, 9.17) is 10.2 Å². The van der Waals surface area contributed by atoms with Crippen LogP contribution in [0, 0.1) is 0 Å². The van der Waals surface area contributed by atoms with Crippen LogP contribution in [0.15, 0.2) is 71.7 Å². The van der Waals surface area contributed by atoms with Gasteiger partial charge in [0.15, 0.2) is 9.84 Å². The average Bonchev–Trinajstić information content (AvgIpc) is 3.44. The molecule has 4 aromatic rings. The monoisotopic (exact) mass is 434 g/mol. The van der Waals surface area contributed by atoms with Gasteiger partial charge in [-0.3, -0.25) is 4.79 Å². The molecule has 2 aromatic heterocycles. The number of furan rings is 1. The molecule has 0 radical (unpaired) electrons. The van der Waals surface area contributed by atoms with Gasteiger partial charge < -0.3 is 15.1 Å². The summed E-state index contributed by atoms with van der Waals surface area (Å²) < 4.78 is 30.9. The quantitative estimate of drug-likeness (QED) is 0.491. The number of nitrogens with two attached hydrogens (primary N) is 1. The van der Waals surface area contributed by atoms with Gasteiger partial charge in [-0.1, -0.05) is 30.3 Å².